The van der Waals surface area contributed by atoms with Crippen molar-refractivity contribution in [2.75, 3.05) is 14.2 Å². The number of likely N-dealkylation sites (N-methyl/N-ethyl adjacent to an activating group) is 1. The Hall–Kier alpha value is -1.28. The lowest BCUT2D eigenvalue weighted by Crippen LogP contribution is -2.19. The van der Waals surface area contributed by atoms with Gasteiger partial charge in [-0.2, -0.15) is 0 Å². The molecule has 17 heavy (non-hydrogen) atoms. The average molecular weight is 231 g/mol. The van der Waals surface area contributed by atoms with Gasteiger partial charge in [-0.05, 0) is 39.3 Å². The second-order valence-corrected chi connectivity index (χ2v) is 4.64. The maximum absolute atomic E-state index is 5.48. The Morgan fingerprint density at radius 1 is 1.35 bits per heavy atom. The molecular weight excluding hydrogens is 210 g/mol. The van der Waals surface area contributed by atoms with E-state index in [0.29, 0.717) is 6.04 Å². The van der Waals surface area contributed by atoms with Gasteiger partial charge in [0, 0.05) is 5.56 Å². The Bertz CT molecular complexity index is 423. The van der Waals surface area contributed by atoms with Gasteiger partial charge in [0.05, 0.1) is 13.2 Å². The van der Waals surface area contributed by atoms with E-state index < -0.39 is 0 Å². The topological polar surface area (TPSA) is 21.3 Å². The molecule has 0 aliphatic heterocycles. The molecule has 92 valence electrons. The van der Waals surface area contributed by atoms with Crippen molar-refractivity contribution < 1.29 is 4.74 Å². The van der Waals surface area contributed by atoms with Crippen molar-refractivity contribution in [2.45, 2.75) is 32.2 Å². The summed E-state index contributed by atoms with van der Waals surface area (Å²) in [5.74, 6) is 0.975. The summed E-state index contributed by atoms with van der Waals surface area (Å²) in [6, 6.07) is 6.68. The molecule has 0 aromatic heterocycles. The monoisotopic (exact) mass is 231 g/mol. The standard InChI is InChI=1S/C15H21NO/c1-11-8-9-14(17-3)13(10-11)15(16-2)12-6-4-5-7-12/h6,8-10,15-16H,4-5,7H2,1-3H3. The largest absolute Gasteiger partial charge is 0.496 e. The summed E-state index contributed by atoms with van der Waals surface area (Å²) in [6.07, 6.45) is 6.05. The molecule has 1 unspecified atom stereocenters. The van der Waals surface area contributed by atoms with E-state index >= 15 is 0 Å². The van der Waals surface area contributed by atoms with Crippen LogP contribution in [0.2, 0.25) is 0 Å². The van der Waals surface area contributed by atoms with Crippen molar-refractivity contribution in [3.63, 3.8) is 0 Å². The molecule has 0 fully saturated rings. The molecule has 2 rings (SSSR count). The fourth-order valence-electron chi connectivity index (χ4n) is 2.58. The zero-order chi connectivity index (χ0) is 12.3. The summed E-state index contributed by atoms with van der Waals surface area (Å²) in [5, 5.41) is 3.41. The first-order valence-electron chi connectivity index (χ1n) is 6.27. The first-order chi connectivity index (χ1) is 8.26. The Balaban J connectivity index is 2.38. The third-order valence-corrected chi connectivity index (χ3v) is 3.43. The normalized spacial score (nSPS) is 16.8. The predicted octanol–water partition coefficient (Wildman–Crippen LogP) is 3.37. The maximum atomic E-state index is 5.48. The van der Waals surface area contributed by atoms with Crippen molar-refractivity contribution in [2.24, 2.45) is 0 Å². The average Bonchev–Trinajstić information content (AvgIpc) is 2.84. The Kier molecular flexibility index (Phi) is 3.85. The minimum Gasteiger partial charge on any atom is -0.496 e. The molecular formula is C15H21NO. The lowest BCUT2D eigenvalue weighted by atomic mass is 9.96. The van der Waals surface area contributed by atoms with E-state index in [0.717, 1.165) is 5.75 Å². The molecule has 0 spiro atoms. The van der Waals surface area contributed by atoms with Crippen LogP contribution in [0, 0.1) is 6.92 Å². The zero-order valence-corrected chi connectivity index (χ0v) is 10.9. The molecule has 0 saturated heterocycles. The number of benzene rings is 1. The molecule has 0 saturated carbocycles. The second-order valence-electron chi connectivity index (χ2n) is 4.64. The Morgan fingerprint density at radius 2 is 2.18 bits per heavy atom. The number of hydrogen-bond acceptors (Lipinski definition) is 2. The smallest absolute Gasteiger partial charge is 0.123 e. The number of allylic oxidation sites excluding steroid dienone is 1. The van der Waals surface area contributed by atoms with Crippen LogP contribution in [0.1, 0.15) is 36.4 Å². The van der Waals surface area contributed by atoms with Gasteiger partial charge in [-0.15, -0.1) is 0 Å². The predicted molar refractivity (Wildman–Crippen MR) is 71.5 cm³/mol. The van der Waals surface area contributed by atoms with Gasteiger partial charge >= 0.3 is 0 Å². The van der Waals surface area contributed by atoms with Crippen molar-refractivity contribution in [3.8, 4) is 5.75 Å². The minimum atomic E-state index is 0.298. The molecule has 1 aliphatic carbocycles. The summed E-state index contributed by atoms with van der Waals surface area (Å²) in [4.78, 5) is 0. The van der Waals surface area contributed by atoms with Crippen LogP contribution in [0.4, 0.5) is 0 Å². The molecule has 0 amide bonds. The van der Waals surface area contributed by atoms with E-state index in [1.165, 1.54) is 36.0 Å². The van der Waals surface area contributed by atoms with Crippen LogP contribution in [-0.2, 0) is 0 Å². The lowest BCUT2D eigenvalue weighted by molar-refractivity contribution is 0.404. The van der Waals surface area contributed by atoms with Crippen LogP contribution in [0.25, 0.3) is 0 Å². The van der Waals surface area contributed by atoms with E-state index in [1.54, 1.807) is 7.11 Å². The maximum Gasteiger partial charge on any atom is 0.123 e. The molecule has 1 aromatic carbocycles. The fraction of sp³-hybridized carbons (Fsp3) is 0.467. The number of hydrogen-bond donors (Lipinski definition) is 1. The van der Waals surface area contributed by atoms with Crippen LogP contribution in [0.15, 0.2) is 29.8 Å². The van der Waals surface area contributed by atoms with Gasteiger partial charge in [-0.25, -0.2) is 0 Å². The highest BCUT2D eigenvalue weighted by Gasteiger charge is 2.20. The molecule has 0 bridgehead atoms. The van der Waals surface area contributed by atoms with Crippen molar-refractivity contribution in [3.05, 3.63) is 41.0 Å². The summed E-state index contributed by atoms with van der Waals surface area (Å²) >= 11 is 0. The molecule has 2 nitrogen and oxygen atoms in total. The number of ether oxygens (including phenoxy) is 1. The van der Waals surface area contributed by atoms with E-state index in [2.05, 4.69) is 36.5 Å². The summed E-state index contributed by atoms with van der Waals surface area (Å²) in [7, 11) is 3.76. The molecule has 1 N–H and O–H groups in total. The van der Waals surface area contributed by atoms with Crippen LogP contribution in [0.3, 0.4) is 0 Å². The molecule has 1 aromatic rings. The van der Waals surface area contributed by atoms with E-state index in [9.17, 15) is 0 Å². The first-order valence-corrected chi connectivity index (χ1v) is 6.27. The summed E-state index contributed by atoms with van der Waals surface area (Å²) in [5.41, 5.74) is 4.03. The highest BCUT2D eigenvalue weighted by Crippen LogP contribution is 2.35. The quantitative estimate of drug-likeness (QED) is 0.802. The SMILES string of the molecule is CNC(C1=CCCC1)c1cc(C)ccc1OC. The van der Waals surface area contributed by atoms with E-state index in [-0.39, 0.29) is 0 Å². The van der Waals surface area contributed by atoms with Crippen LogP contribution in [-0.4, -0.2) is 14.2 Å². The number of rotatable bonds is 4. The number of aryl methyl sites for hydroxylation is 1. The van der Waals surface area contributed by atoms with E-state index in [1.807, 2.05) is 7.05 Å². The molecule has 1 atom stereocenters. The van der Waals surface area contributed by atoms with Gasteiger partial charge in [0.1, 0.15) is 5.75 Å². The van der Waals surface area contributed by atoms with Crippen LogP contribution < -0.4 is 10.1 Å². The summed E-state index contributed by atoms with van der Waals surface area (Å²) < 4.78 is 5.48. The van der Waals surface area contributed by atoms with E-state index in [4.69, 9.17) is 4.74 Å². The molecule has 0 heterocycles. The van der Waals surface area contributed by atoms with Gasteiger partial charge in [0.25, 0.3) is 0 Å². The molecule has 2 heteroatoms. The third-order valence-electron chi connectivity index (χ3n) is 3.43. The van der Waals surface area contributed by atoms with Gasteiger partial charge in [0.2, 0.25) is 0 Å². The Labute approximate surface area is 104 Å². The highest BCUT2D eigenvalue weighted by atomic mass is 16.5. The second kappa shape index (κ2) is 5.37. The first kappa shape index (κ1) is 12.2. The van der Waals surface area contributed by atoms with Crippen molar-refractivity contribution in [1.29, 1.82) is 0 Å². The van der Waals surface area contributed by atoms with Crippen LogP contribution >= 0.6 is 0 Å². The third kappa shape index (κ3) is 2.52. The number of methoxy groups -OCH3 is 1. The highest BCUT2D eigenvalue weighted by molar-refractivity contribution is 5.43. The van der Waals surface area contributed by atoms with Crippen molar-refractivity contribution >= 4 is 0 Å². The van der Waals surface area contributed by atoms with Gasteiger partial charge in [-0.3, -0.25) is 0 Å². The van der Waals surface area contributed by atoms with Gasteiger partial charge in [0.15, 0.2) is 0 Å². The lowest BCUT2D eigenvalue weighted by Gasteiger charge is -2.21. The van der Waals surface area contributed by atoms with Gasteiger partial charge in [-0.1, -0.05) is 29.3 Å². The minimum absolute atomic E-state index is 0.298. The molecule has 0 radical (unpaired) electrons. The van der Waals surface area contributed by atoms with Gasteiger partial charge < -0.3 is 10.1 Å². The fourth-order valence-corrected chi connectivity index (χ4v) is 2.58. The van der Waals surface area contributed by atoms with Crippen molar-refractivity contribution in [1.82, 2.24) is 5.32 Å². The number of nitrogens with one attached hydrogen (secondary N) is 1. The molecule has 1 aliphatic rings. The Morgan fingerprint density at radius 3 is 2.76 bits per heavy atom. The summed E-state index contributed by atoms with van der Waals surface area (Å²) in [6.45, 7) is 2.12. The zero-order valence-electron chi connectivity index (χ0n) is 10.9. The van der Waals surface area contributed by atoms with Crippen LogP contribution in [0.5, 0.6) is 5.75 Å².